The fourth-order valence-corrected chi connectivity index (χ4v) is 3.57. The summed E-state index contributed by atoms with van der Waals surface area (Å²) in [5.74, 6) is 0.321. The molecule has 0 radical (unpaired) electrons. The van der Waals surface area contributed by atoms with E-state index in [1.54, 1.807) is 19.4 Å². The van der Waals surface area contributed by atoms with E-state index in [1.165, 1.54) is 11.6 Å². The Morgan fingerprint density at radius 1 is 1.13 bits per heavy atom. The second-order valence-electron chi connectivity index (χ2n) is 7.02. The number of benzene rings is 2. The van der Waals surface area contributed by atoms with Gasteiger partial charge in [0.25, 0.3) is 5.56 Å². The molecular formula is C24H22N4O3. The second-order valence-corrected chi connectivity index (χ2v) is 7.02. The number of ether oxygens (including phenoxy) is 1. The molecule has 0 aliphatic rings. The highest BCUT2D eigenvalue weighted by atomic mass is 16.5. The van der Waals surface area contributed by atoms with Crippen molar-refractivity contribution in [3.8, 4) is 17.0 Å². The van der Waals surface area contributed by atoms with E-state index >= 15 is 0 Å². The third-order valence-corrected chi connectivity index (χ3v) is 5.01. The summed E-state index contributed by atoms with van der Waals surface area (Å²) in [6.07, 6.45) is 1.70. The number of hydrogen-bond donors (Lipinski definition) is 1. The van der Waals surface area contributed by atoms with Crippen molar-refractivity contribution >= 4 is 28.1 Å². The Balaban J connectivity index is 1.95. The summed E-state index contributed by atoms with van der Waals surface area (Å²) in [4.78, 5) is 30.2. The average molecular weight is 414 g/mol. The molecule has 0 atom stereocenters. The van der Waals surface area contributed by atoms with Crippen LogP contribution in [0.4, 0.5) is 11.4 Å². The lowest BCUT2D eigenvalue weighted by molar-refractivity contribution is 0.101. The molecule has 2 aromatic heterocycles. The van der Waals surface area contributed by atoms with Gasteiger partial charge in [-0.1, -0.05) is 36.4 Å². The van der Waals surface area contributed by atoms with Gasteiger partial charge in [-0.2, -0.15) is 5.10 Å². The molecule has 0 amide bonds. The number of Topliss-reactive ketones (excluding diaryl/α,β-unsaturated/α-hetero) is 1. The molecule has 2 aromatic carbocycles. The summed E-state index contributed by atoms with van der Waals surface area (Å²) >= 11 is 0. The van der Waals surface area contributed by atoms with E-state index in [-0.39, 0.29) is 22.6 Å². The van der Waals surface area contributed by atoms with Gasteiger partial charge in [0.05, 0.1) is 12.7 Å². The quantitative estimate of drug-likeness (QED) is 0.470. The van der Waals surface area contributed by atoms with Gasteiger partial charge in [0.2, 0.25) is 0 Å². The van der Waals surface area contributed by atoms with E-state index in [0.717, 1.165) is 10.9 Å². The molecule has 4 aromatic rings. The Kier molecular flexibility index (Phi) is 5.49. The smallest absolute Gasteiger partial charge is 0.291 e. The number of nitrogens with zero attached hydrogens (tertiary/aromatic N) is 3. The highest BCUT2D eigenvalue weighted by Gasteiger charge is 2.22. The summed E-state index contributed by atoms with van der Waals surface area (Å²) < 4.78 is 6.84. The molecule has 31 heavy (non-hydrogen) atoms. The highest BCUT2D eigenvalue weighted by molar-refractivity contribution is 6.05. The molecule has 0 unspecified atom stereocenters. The fraction of sp³-hybridized carbons (Fsp3) is 0.167. The van der Waals surface area contributed by atoms with Gasteiger partial charge in [0.15, 0.2) is 5.78 Å². The Hall–Kier alpha value is -4.00. The minimum Gasteiger partial charge on any atom is -0.494 e. The first kappa shape index (κ1) is 20.3. The van der Waals surface area contributed by atoms with Gasteiger partial charge in [-0.3, -0.25) is 14.6 Å². The minimum absolute atomic E-state index is 0.188. The van der Waals surface area contributed by atoms with Crippen molar-refractivity contribution in [1.29, 1.82) is 0 Å². The number of rotatable bonds is 6. The molecule has 0 saturated carbocycles. The lowest BCUT2D eigenvalue weighted by atomic mass is 10.0. The number of nitrogens with one attached hydrogen (secondary N) is 1. The maximum absolute atomic E-state index is 13.2. The van der Waals surface area contributed by atoms with Crippen LogP contribution in [0.25, 0.3) is 22.2 Å². The maximum Gasteiger partial charge on any atom is 0.291 e. The van der Waals surface area contributed by atoms with Crippen LogP contribution < -0.4 is 15.6 Å². The van der Waals surface area contributed by atoms with Crippen molar-refractivity contribution in [3.05, 3.63) is 76.7 Å². The van der Waals surface area contributed by atoms with E-state index in [9.17, 15) is 9.59 Å². The molecule has 2 heterocycles. The third-order valence-electron chi connectivity index (χ3n) is 5.01. The molecule has 7 heteroatoms. The number of carbonyl (C=O) groups is 1. The van der Waals surface area contributed by atoms with E-state index in [0.29, 0.717) is 29.2 Å². The fourth-order valence-electron chi connectivity index (χ4n) is 3.57. The van der Waals surface area contributed by atoms with Gasteiger partial charge < -0.3 is 10.1 Å². The van der Waals surface area contributed by atoms with Crippen molar-refractivity contribution in [2.24, 2.45) is 0 Å². The number of methoxy groups -OCH3 is 1. The van der Waals surface area contributed by atoms with Gasteiger partial charge >= 0.3 is 0 Å². The Labute approximate surface area is 179 Å². The highest BCUT2D eigenvalue weighted by Crippen LogP contribution is 2.32. The topological polar surface area (TPSA) is 86.1 Å². The number of aromatic nitrogens is 3. The first-order chi connectivity index (χ1) is 15.0. The molecule has 0 saturated heterocycles. The van der Waals surface area contributed by atoms with Gasteiger partial charge in [-0.05, 0) is 26.0 Å². The maximum atomic E-state index is 13.2. The average Bonchev–Trinajstić information content (AvgIpc) is 2.80. The van der Waals surface area contributed by atoms with Gasteiger partial charge in [-0.25, -0.2) is 4.68 Å². The number of fused-ring (bicyclic) bond motifs is 1. The van der Waals surface area contributed by atoms with E-state index in [2.05, 4.69) is 15.4 Å². The number of pyridine rings is 1. The summed E-state index contributed by atoms with van der Waals surface area (Å²) in [5.41, 5.74) is 2.64. The standard InChI is InChI=1S/C24H22N4O3/c1-4-28-24(30)23(20(15(2)29)22(27-28)16-9-6-5-7-10-16)26-18-13-17-11-8-12-25-21(17)19(14-18)31-3/h5-14,26H,4H2,1-3H3. The Bertz CT molecular complexity index is 1330. The lowest BCUT2D eigenvalue weighted by Crippen LogP contribution is -2.28. The largest absolute Gasteiger partial charge is 0.494 e. The Morgan fingerprint density at radius 2 is 1.90 bits per heavy atom. The molecule has 0 aliphatic heterocycles. The van der Waals surface area contributed by atoms with Crippen LogP contribution in [0.5, 0.6) is 5.75 Å². The van der Waals surface area contributed by atoms with Crippen LogP contribution in [0.15, 0.2) is 65.6 Å². The normalized spacial score (nSPS) is 10.8. The van der Waals surface area contributed by atoms with Gasteiger partial charge in [-0.15, -0.1) is 0 Å². The van der Waals surface area contributed by atoms with Crippen molar-refractivity contribution in [1.82, 2.24) is 14.8 Å². The molecule has 0 bridgehead atoms. The molecule has 4 rings (SSSR count). The number of aryl methyl sites for hydroxylation is 1. The molecule has 0 fully saturated rings. The van der Waals surface area contributed by atoms with Crippen molar-refractivity contribution in [3.63, 3.8) is 0 Å². The Morgan fingerprint density at radius 3 is 2.58 bits per heavy atom. The summed E-state index contributed by atoms with van der Waals surface area (Å²) in [5, 5.41) is 8.50. The van der Waals surface area contributed by atoms with Crippen LogP contribution in [0.2, 0.25) is 0 Å². The summed E-state index contributed by atoms with van der Waals surface area (Å²) in [6, 6.07) is 16.7. The number of hydrogen-bond acceptors (Lipinski definition) is 6. The third kappa shape index (κ3) is 3.77. The lowest BCUT2D eigenvalue weighted by Gasteiger charge is -2.17. The monoisotopic (exact) mass is 414 g/mol. The second kappa shape index (κ2) is 8.39. The van der Waals surface area contributed by atoms with Crippen LogP contribution in [-0.2, 0) is 6.54 Å². The van der Waals surface area contributed by atoms with Gasteiger partial charge in [0.1, 0.15) is 22.6 Å². The zero-order valence-electron chi connectivity index (χ0n) is 17.5. The SMILES string of the molecule is CCn1nc(-c2ccccc2)c(C(C)=O)c(Nc2cc(OC)c3ncccc3c2)c1=O. The van der Waals surface area contributed by atoms with Crippen molar-refractivity contribution in [2.45, 2.75) is 20.4 Å². The van der Waals surface area contributed by atoms with E-state index < -0.39 is 0 Å². The molecule has 1 N–H and O–H groups in total. The van der Waals surface area contributed by atoms with E-state index in [1.807, 2.05) is 55.5 Å². The number of carbonyl (C=O) groups excluding carboxylic acids is 1. The predicted molar refractivity (Wildman–Crippen MR) is 121 cm³/mol. The van der Waals surface area contributed by atoms with Crippen LogP contribution >= 0.6 is 0 Å². The van der Waals surface area contributed by atoms with Crippen LogP contribution in [0.1, 0.15) is 24.2 Å². The van der Waals surface area contributed by atoms with E-state index in [4.69, 9.17) is 4.74 Å². The minimum atomic E-state index is -0.363. The van der Waals surface area contributed by atoms with Gasteiger partial charge in [0, 0.05) is 35.4 Å². The number of anilines is 2. The summed E-state index contributed by atoms with van der Waals surface area (Å²) in [7, 11) is 1.57. The zero-order chi connectivity index (χ0) is 22.0. The predicted octanol–water partition coefficient (Wildman–Crippen LogP) is 4.43. The molecule has 0 aliphatic carbocycles. The zero-order valence-corrected chi connectivity index (χ0v) is 17.5. The molecule has 7 nitrogen and oxygen atoms in total. The van der Waals surface area contributed by atoms with Crippen LogP contribution in [0, 0.1) is 0 Å². The van der Waals surface area contributed by atoms with Crippen LogP contribution in [0.3, 0.4) is 0 Å². The summed E-state index contributed by atoms with van der Waals surface area (Å²) in [6.45, 7) is 3.65. The van der Waals surface area contributed by atoms with Crippen molar-refractivity contribution < 1.29 is 9.53 Å². The molecule has 0 spiro atoms. The molecule has 156 valence electrons. The number of ketones is 1. The first-order valence-electron chi connectivity index (χ1n) is 9.94. The van der Waals surface area contributed by atoms with Crippen molar-refractivity contribution in [2.75, 3.05) is 12.4 Å². The van der Waals surface area contributed by atoms with Crippen LogP contribution in [-0.4, -0.2) is 27.7 Å². The molecular weight excluding hydrogens is 392 g/mol. The first-order valence-corrected chi connectivity index (χ1v) is 9.94.